The van der Waals surface area contributed by atoms with Crippen LogP contribution in [0.1, 0.15) is 28.4 Å². The maximum absolute atomic E-state index is 13.9. The van der Waals surface area contributed by atoms with Crippen molar-refractivity contribution in [3.63, 3.8) is 0 Å². The molecule has 134 valence electrons. The summed E-state index contributed by atoms with van der Waals surface area (Å²) in [5, 5.41) is 13.0. The summed E-state index contributed by atoms with van der Waals surface area (Å²) in [5.41, 5.74) is -0.298. The Morgan fingerprint density at radius 1 is 1.20 bits per heavy atom. The van der Waals surface area contributed by atoms with E-state index in [1.807, 2.05) is 25.1 Å². The Bertz CT molecular complexity index is 761. The Labute approximate surface area is 146 Å². The van der Waals surface area contributed by atoms with Gasteiger partial charge < -0.3 is 15.3 Å². The second-order valence-electron chi connectivity index (χ2n) is 6.52. The second-order valence-corrected chi connectivity index (χ2v) is 6.52. The molecule has 0 fully saturated rings. The van der Waals surface area contributed by atoms with Crippen LogP contribution in [-0.4, -0.2) is 36.6 Å². The van der Waals surface area contributed by atoms with E-state index in [2.05, 4.69) is 5.32 Å². The number of carbonyl (C=O) groups excluding carboxylic acids is 1. The van der Waals surface area contributed by atoms with Crippen LogP contribution in [0.5, 0.6) is 0 Å². The minimum atomic E-state index is -1.66. The average molecular weight is 348 g/mol. The van der Waals surface area contributed by atoms with Crippen molar-refractivity contribution >= 4 is 5.91 Å². The zero-order valence-electron chi connectivity index (χ0n) is 14.5. The fourth-order valence-corrected chi connectivity index (χ4v) is 2.55. The first-order valence-electron chi connectivity index (χ1n) is 7.89. The van der Waals surface area contributed by atoms with Crippen molar-refractivity contribution in [1.29, 1.82) is 0 Å². The van der Waals surface area contributed by atoms with E-state index in [0.717, 1.165) is 11.6 Å². The van der Waals surface area contributed by atoms with E-state index in [1.165, 1.54) is 13.0 Å². The molecule has 0 aromatic heterocycles. The molecule has 25 heavy (non-hydrogen) atoms. The fraction of sp³-hybridized carbons (Fsp3) is 0.316. The molecule has 0 bridgehead atoms. The van der Waals surface area contributed by atoms with E-state index in [0.29, 0.717) is 18.2 Å². The average Bonchev–Trinajstić information content (AvgIpc) is 2.52. The van der Waals surface area contributed by atoms with Crippen molar-refractivity contribution in [1.82, 2.24) is 10.2 Å². The number of aliphatic hydroxyl groups is 1. The monoisotopic (exact) mass is 348 g/mol. The van der Waals surface area contributed by atoms with Gasteiger partial charge in [-0.3, -0.25) is 4.79 Å². The summed E-state index contributed by atoms with van der Waals surface area (Å²) in [6.07, 6.45) is 0. The molecule has 0 aliphatic rings. The number of carbonyl (C=O) groups is 1. The van der Waals surface area contributed by atoms with Gasteiger partial charge in [0.1, 0.15) is 17.2 Å². The van der Waals surface area contributed by atoms with Crippen molar-refractivity contribution in [3.8, 4) is 0 Å². The van der Waals surface area contributed by atoms with E-state index in [1.54, 1.807) is 18.2 Å². The minimum absolute atomic E-state index is 0.0736. The number of benzene rings is 2. The van der Waals surface area contributed by atoms with Gasteiger partial charge in [0.2, 0.25) is 0 Å². The summed E-state index contributed by atoms with van der Waals surface area (Å²) in [5.74, 6) is -1.95. The lowest BCUT2D eigenvalue weighted by Crippen LogP contribution is -2.39. The quantitative estimate of drug-likeness (QED) is 0.844. The highest BCUT2D eigenvalue weighted by Crippen LogP contribution is 2.23. The smallest absolute Gasteiger partial charge is 0.251 e. The van der Waals surface area contributed by atoms with Gasteiger partial charge >= 0.3 is 0 Å². The first kappa shape index (κ1) is 19.0. The maximum Gasteiger partial charge on any atom is 0.251 e. The Kier molecular flexibility index (Phi) is 5.87. The van der Waals surface area contributed by atoms with E-state index in [-0.39, 0.29) is 18.0 Å². The normalized spacial score (nSPS) is 13.6. The third kappa shape index (κ3) is 5.08. The number of rotatable bonds is 6. The van der Waals surface area contributed by atoms with E-state index in [9.17, 15) is 18.7 Å². The van der Waals surface area contributed by atoms with Crippen molar-refractivity contribution in [2.75, 3.05) is 20.6 Å². The Balaban J connectivity index is 2.08. The third-order valence-corrected chi connectivity index (χ3v) is 3.79. The summed E-state index contributed by atoms with van der Waals surface area (Å²) in [4.78, 5) is 14.3. The summed E-state index contributed by atoms with van der Waals surface area (Å²) in [6, 6.07) is 10.1. The standard InChI is InChI=1S/C19H22F2N2O2/c1-19(25,16-8-7-15(20)10-17(16)21)12-22-18(24)14-6-4-5-13(9-14)11-23(2)3/h4-10,25H,11-12H2,1-3H3,(H,22,24). The highest BCUT2D eigenvalue weighted by molar-refractivity contribution is 5.94. The van der Waals surface area contributed by atoms with Crippen LogP contribution in [0.2, 0.25) is 0 Å². The molecule has 0 spiro atoms. The summed E-state index contributed by atoms with van der Waals surface area (Å²) < 4.78 is 26.9. The second kappa shape index (κ2) is 7.72. The molecule has 0 saturated carbocycles. The van der Waals surface area contributed by atoms with Gasteiger partial charge in [-0.1, -0.05) is 18.2 Å². The van der Waals surface area contributed by atoms with Crippen molar-refractivity contribution in [2.24, 2.45) is 0 Å². The maximum atomic E-state index is 13.9. The molecule has 0 radical (unpaired) electrons. The van der Waals surface area contributed by atoms with Crippen LogP contribution in [0.25, 0.3) is 0 Å². The van der Waals surface area contributed by atoms with Crippen LogP contribution in [0, 0.1) is 11.6 Å². The predicted molar refractivity (Wildman–Crippen MR) is 92.1 cm³/mol. The van der Waals surface area contributed by atoms with Crippen LogP contribution >= 0.6 is 0 Å². The van der Waals surface area contributed by atoms with Crippen LogP contribution in [0.3, 0.4) is 0 Å². The van der Waals surface area contributed by atoms with Gasteiger partial charge in [-0.05, 0) is 44.8 Å². The summed E-state index contributed by atoms with van der Waals surface area (Å²) in [7, 11) is 3.86. The zero-order valence-corrected chi connectivity index (χ0v) is 14.5. The molecule has 1 amide bonds. The molecule has 0 heterocycles. The van der Waals surface area contributed by atoms with Crippen LogP contribution in [0.4, 0.5) is 8.78 Å². The molecule has 2 rings (SSSR count). The van der Waals surface area contributed by atoms with Gasteiger partial charge in [0.25, 0.3) is 5.91 Å². The van der Waals surface area contributed by atoms with Gasteiger partial charge in [-0.15, -0.1) is 0 Å². The van der Waals surface area contributed by atoms with Gasteiger partial charge in [-0.2, -0.15) is 0 Å². The van der Waals surface area contributed by atoms with Crippen LogP contribution in [0.15, 0.2) is 42.5 Å². The third-order valence-electron chi connectivity index (χ3n) is 3.79. The van der Waals surface area contributed by atoms with Gasteiger partial charge in [0.05, 0.1) is 6.54 Å². The molecule has 4 nitrogen and oxygen atoms in total. The van der Waals surface area contributed by atoms with E-state index < -0.39 is 17.2 Å². The van der Waals surface area contributed by atoms with Crippen molar-refractivity contribution in [3.05, 3.63) is 70.8 Å². The highest BCUT2D eigenvalue weighted by atomic mass is 19.1. The molecule has 0 saturated heterocycles. The molecule has 2 aromatic carbocycles. The van der Waals surface area contributed by atoms with Crippen molar-refractivity contribution in [2.45, 2.75) is 19.1 Å². The molecule has 0 aliphatic carbocycles. The molecular formula is C19H22F2N2O2. The number of amides is 1. The Morgan fingerprint density at radius 3 is 2.56 bits per heavy atom. The molecule has 1 unspecified atom stereocenters. The first-order valence-corrected chi connectivity index (χ1v) is 7.89. The largest absolute Gasteiger partial charge is 0.383 e. The first-order chi connectivity index (χ1) is 11.7. The molecule has 0 aliphatic heterocycles. The summed E-state index contributed by atoms with van der Waals surface area (Å²) in [6.45, 7) is 1.86. The Morgan fingerprint density at radius 2 is 1.92 bits per heavy atom. The lowest BCUT2D eigenvalue weighted by molar-refractivity contribution is 0.0494. The molecular weight excluding hydrogens is 326 g/mol. The highest BCUT2D eigenvalue weighted by Gasteiger charge is 2.27. The predicted octanol–water partition coefficient (Wildman–Crippen LogP) is 2.66. The van der Waals surface area contributed by atoms with Gasteiger partial charge in [0.15, 0.2) is 0 Å². The fourth-order valence-electron chi connectivity index (χ4n) is 2.55. The zero-order chi connectivity index (χ0) is 18.6. The molecule has 2 N–H and O–H groups in total. The number of halogens is 2. The molecule has 1 atom stereocenters. The number of hydrogen-bond acceptors (Lipinski definition) is 3. The number of nitrogens with zero attached hydrogens (tertiary/aromatic N) is 1. The summed E-state index contributed by atoms with van der Waals surface area (Å²) >= 11 is 0. The SMILES string of the molecule is CN(C)Cc1cccc(C(=O)NCC(C)(O)c2ccc(F)cc2F)c1. The lowest BCUT2D eigenvalue weighted by Gasteiger charge is -2.24. The van der Waals surface area contributed by atoms with Crippen LogP contribution in [-0.2, 0) is 12.1 Å². The number of hydrogen-bond donors (Lipinski definition) is 2. The van der Waals surface area contributed by atoms with E-state index >= 15 is 0 Å². The van der Waals surface area contributed by atoms with Gasteiger partial charge in [0, 0.05) is 23.7 Å². The van der Waals surface area contributed by atoms with Crippen LogP contribution < -0.4 is 5.32 Å². The Hall–Kier alpha value is -2.31. The molecule has 6 heteroatoms. The number of nitrogens with one attached hydrogen (secondary N) is 1. The van der Waals surface area contributed by atoms with Gasteiger partial charge in [-0.25, -0.2) is 8.78 Å². The van der Waals surface area contributed by atoms with Crippen molar-refractivity contribution < 1.29 is 18.7 Å². The lowest BCUT2D eigenvalue weighted by atomic mass is 9.95. The molecule has 2 aromatic rings. The minimum Gasteiger partial charge on any atom is -0.383 e. The van der Waals surface area contributed by atoms with E-state index in [4.69, 9.17) is 0 Å². The topological polar surface area (TPSA) is 52.6 Å².